The van der Waals surface area contributed by atoms with E-state index in [1.54, 1.807) is 6.08 Å². The third-order valence-corrected chi connectivity index (χ3v) is 4.61. The summed E-state index contributed by atoms with van der Waals surface area (Å²) >= 11 is 0. The van der Waals surface area contributed by atoms with Crippen LogP contribution >= 0.6 is 0 Å². The Bertz CT molecular complexity index is 242. The van der Waals surface area contributed by atoms with E-state index in [0.29, 0.717) is 5.41 Å². The van der Waals surface area contributed by atoms with Crippen LogP contribution in [0, 0.1) is 23.2 Å². The van der Waals surface area contributed by atoms with Crippen LogP contribution in [0.25, 0.3) is 0 Å². The molecule has 0 aromatic heterocycles. The van der Waals surface area contributed by atoms with Crippen molar-refractivity contribution in [3.05, 3.63) is 12.2 Å². The van der Waals surface area contributed by atoms with Crippen molar-refractivity contribution in [2.45, 2.75) is 38.5 Å². The molecule has 14 heavy (non-hydrogen) atoms. The van der Waals surface area contributed by atoms with Crippen LogP contribution in [0.3, 0.4) is 0 Å². The summed E-state index contributed by atoms with van der Waals surface area (Å²) in [7, 11) is 0. The highest BCUT2D eigenvalue weighted by Crippen LogP contribution is 2.60. The Morgan fingerprint density at radius 3 is 1.86 bits per heavy atom. The SMILES string of the molecule is O=C/C=C/C12CC3CC(CC(C3)C1)C2. The van der Waals surface area contributed by atoms with Crippen LogP contribution in [0.4, 0.5) is 0 Å². The van der Waals surface area contributed by atoms with Crippen molar-refractivity contribution in [1.82, 2.24) is 0 Å². The molecule has 0 atom stereocenters. The van der Waals surface area contributed by atoms with Crippen molar-refractivity contribution in [3.63, 3.8) is 0 Å². The molecule has 0 radical (unpaired) electrons. The van der Waals surface area contributed by atoms with E-state index in [9.17, 15) is 4.79 Å². The summed E-state index contributed by atoms with van der Waals surface area (Å²) in [4.78, 5) is 10.4. The lowest BCUT2D eigenvalue weighted by molar-refractivity contribution is -0.104. The lowest BCUT2D eigenvalue weighted by Gasteiger charge is -2.55. The van der Waals surface area contributed by atoms with Crippen molar-refractivity contribution in [2.75, 3.05) is 0 Å². The van der Waals surface area contributed by atoms with E-state index in [1.807, 2.05) is 0 Å². The largest absolute Gasteiger partial charge is 0.299 e. The average Bonchev–Trinajstić information content (AvgIpc) is 2.12. The minimum absolute atomic E-state index is 0.440. The summed E-state index contributed by atoms with van der Waals surface area (Å²) in [6, 6.07) is 0. The third kappa shape index (κ3) is 1.25. The molecule has 0 saturated heterocycles. The van der Waals surface area contributed by atoms with E-state index in [0.717, 1.165) is 24.0 Å². The summed E-state index contributed by atoms with van der Waals surface area (Å²) in [5.74, 6) is 2.95. The number of aldehydes is 1. The maximum absolute atomic E-state index is 10.4. The van der Waals surface area contributed by atoms with Crippen molar-refractivity contribution in [2.24, 2.45) is 23.2 Å². The van der Waals surface area contributed by atoms with E-state index in [1.165, 1.54) is 38.5 Å². The lowest BCUT2D eigenvalue weighted by atomic mass is 9.49. The van der Waals surface area contributed by atoms with E-state index in [2.05, 4.69) is 6.08 Å². The van der Waals surface area contributed by atoms with E-state index in [4.69, 9.17) is 0 Å². The number of rotatable bonds is 2. The van der Waals surface area contributed by atoms with Gasteiger partial charge in [-0.15, -0.1) is 0 Å². The fourth-order valence-corrected chi connectivity index (χ4v) is 4.63. The fraction of sp³-hybridized carbons (Fsp3) is 0.769. The molecule has 0 N–H and O–H groups in total. The number of carbonyl (C=O) groups is 1. The Balaban J connectivity index is 1.87. The van der Waals surface area contributed by atoms with Crippen LogP contribution in [0.2, 0.25) is 0 Å². The first-order valence-corrected chi connectivity index (χ1v) is 5.93. The van der Waals surface area contributed by atoms with Crippen LogP contribution in [-0.4, -0.2) is 6.29 Å². The summed E-state index contributed by atoms with van der Waals surface area (Å²) in [5.41, 5.74) is 0.440. The summed E-state index contributed by atoms with van der Waals surface area (Å²) in [6.07, 6.45) is 13.4. The van der Waals surface area contributed by atoms with Gasteiger partial charge in [0.1, 0.15) is 6.29 Å². The molecule has 0 unspecified atom stereocenters. The van der Waals surface area contributed by atoms with Crippen LogP contribution in [0.15, 0.2) is 12.2 Å². The molecule has 1 heteroatoms. The molecule has 0 spiro atoms. The zero-order valence-corrected chi connectivity index (χ0v) is 8.61. The van der Waals surface area contributed by atoms with Gasteiger partial charge in [0, 0.05) is 0 Å². The van der Waals surface area contributed by atoms with E-state index < -0.39 is 0 Å². The Kier molecular flexibility index (Phi) is 1.83. The minimum Gasteiger partial charge on any atom is -0.299 e. The molecule has 4 aliphatic rings. The van der Waals surface area contributed by atoms with Gasteiger partial charge < -0.3 is 0 Å². The molecule has 1 nitrogen and oxygen atoms in total. The molecule has 4 aliphatic carbocycles. The van der Waals surface area contributed by atoms with Crippen LogP contribution in [0.1, 0.15) is 38.5 Å². The van der Waals surface area contributed by atoms with Gasteiger partial charge in [-0.25, -0.2) is 0 Å². The van der Waals surface area contributed by atoms with E-state index >= 15 is 0 Å². The standard InChI is InChI=1S/C13H18O/c14-3-1-2-13-7-10-4-11(8-13)6-12(5-10)9-13/h1-3,10-12H,4-9H2/b2-1+. The fourth-order valence-electron chi connectivity index (χ4n) is 4.63. The number of hydrogen-bond acceptors (Lipinski definition) is 1. The van der Waals surface area contributed by atoms with Gasteiger partial charge in [0.25, 0.3) is 0 Å². The molecule has 4 saturated carbocycles. The van der Waals surface area contributed by atoms with Crippen LogP contribution in [0.5, 0.6) is 0 Å². The van der Waals surface area contributed by atoms with Gasteiger partial charge in [0.15, 0.2) is 0 Å². The van der Waals surface area contributed by atoms with Gasteiger partial charge in [-0.2, -0.15) is 0 Å². The molecular weight excluding hydrogens is 172 g/mol. The third-order valence-electron chi connectivity index (χ3n) is 4.61. The Labute approximate surface area is 85.6 Å². The Hall–Kier alpha value is -0.590. The Morgan fingerprint density at radius 1 is 0.929 bits per heavy atom. The molecule has 0 amide bonds. The van der Waals surface area contributed by atoms with Crippen molar-refractivity contribution >= 4 is 6.29 Å². The molecule has 4 bridgehead atoms. The number of allylic oxidation sites excluding steroid dienone is 2. The van der Waals surface area contributed by atoms with Gasteiger partial charge in [-0.1, -0.05) is 6.08 Å². The highest BCUT2D eigenvalue weighted by molar-refractivity contribution is 5.64. The quantitative estimate of drug-likeness (QED) is 0.483. The topological polar surface area (TPSA) is 17.1 Å². The molecule has 0 aliphatic heterocycles. The van der Waals surface area contributed by atoms with Gasteiger partial charge in [-0.05, 0) is 67.8 Å². The van der Waals surface area contributed by atoms with Gasteiger partial charge >= 0.3 is 0 Å². The number of carbonyl (C=O) groups excluding carboxylic acids is 1. The molecule has 4 rings (SSSR count). The van der Waals surface area contributed by atoms with Crippen molar-refractivity contribution in [3.8, 4) is 0 Å². The normalized spacial score (nSPS) is 50.1. The molecule has 0 heterocycles. The maximum atomic E-state index is 10.4. The number of hydrogen-bond donors (Lipinski definition) is 0. The van der Waals surface area contributed by atoms with E-state index in [-0.39, 0.29) is 0 Å². The average molecular weight is 190 g/mol. The van der Waals surface area contributed by atoms with Crippen molar-refractivity contribution in [1.29, 1.82) is 0 Å². The zero-order valence-electron chi connectivity index (χ0n) is 8.61. The predicted octanol–water partition coefficient (Wildman–Crippen LogP) is 2.96. The predicted molar refractivity (Wildman–Crippen MR) is 55.8 cm³/mol. The first-order chi connectivity index (χ1) is 6.80. The maximum Gasteiger partial charge on any atom is 0.142 e. The second-order valence-electron chi connectivity index (χ2n) is 5.78. The zero-order chi connectivity index (χ0) is 9.60. The second kappa shape index (κ2) is 2.95. The molecule has 76 valence electrons. The summed E-state index contributed by atoms with van der Waals surface area (Å²) < 4.78 is 0. The highest BCUT2D eigenvalue weighted by atomic mass is 16.1. The monoisotopic (exact) mass is 190 g/mol. The minimum atomic E-state index is 0.440. The molecule has 4 fully saturated rings. The van der Waals surface area contributed by atoms with Gasteiger partial charge in [0.2, 0.25) is 0 Å². The van der Waals surface area contributed by atoms with Crippen LogP contribution in [-0.2, 0) is 4.79 Å². The summed E-state index contributed by atoms with van der Waals surface area (Å²) in [6.45, 7) is 0. The van der Waals surface area contributed by atoms with Crippen molar-refractivity contribution < 1.29 is 4.79 Å². The molecular formula is C13H18O. The smallest absolute Gasteiger partial charge is 0.142 e. The first kappa shape index (κ1) is 8.70. The lowest BCUT2D eigenvalue weighted by Crippen LogP contribution is -2.44. The van der Waals surface area contributed by atoms with Gasteiger partial charge in [0.05, 0.1) is 0 Å². The Morgan fingerprint density at radius 2 is 1.43 bits per heavy atom. The molecule has 0 aromatic carbocycles. The summed E-state index contributed by atoms with van der Waals surface area (Å²) in [5, 5.41) is 0. The van der Waals surface area contributed by atoms with Gasteiger partial charge in [-0.3, -0.25) is 4.79 Å². The molecule has 0 aromatic rings. The second-order valence-corrected chi connectivity index (χ2v) is 5.78. The van der Waals surface area contributed by atoms with Crippen LogP contribution < -0.4 is 0 Å². The first-order valence-electron chi connectivity index (χ1n) is 5.93. The highest BCUT2D eigenvalue weighted by Gasteiger charge is 2.49.